The number of carbonyl (C=O) groups is 1. The van der Waals surface area contributed by atoms with E-state index in [1.54, 1.807) is 0 Å². The Morgan fingerprint density at radius 1 is 1.40 bits per heavy atom. The van der Waals surface area contributed by atoms with Crippen LogP contribution >= 0.6 is 0 Å². The number of benzene rings is 1. The molecular weight excluding hydrogens is 190 g/mol. The van der Waals surface area contributed by atoms with Crippen LogP contribution in [0.5, 0.6) is 0 Å². The minimum atomic E-state index is -0.256. The molecule has 3 heteroatoms. The van der Waals surface area contributed by atoms with Gasteiger partial charge in [0.05, 0.1) is 12.6 Å². The van der Waals surface area contributed by atoms with Crippen molar-refractivity contribution < 1.29 is 9.90 Å². The van der Waals surface area contributed by atoms with Crippen LogP contribution < -0.4 is 0 Å². The van der Waals surface area contributed by atoms with Crippen molar-refractivity contribution in [3.8, 4) is 0 Å². The zero-order chi connectivity index (χ0) is 10.7. The second-order valence-corrected chi connectivity index (χ2v) is 3.97. The van der Waals surface area contributed by atoms with Crippen LogP contribution in [-0.2, 0) is 0 Å². The molecule has 1 N–H and O–H groups in total. The number of Topliss-reactive ketones (excluding diaryl/α,β-unsaturated/α-hetero) is 1. The van der Waals surface area contributed by atoms with E-state index in [0.29, 0.717) is 13.1 Å². The summed E-state index contributed by atoms with van der Waals surface area (Å²) in [7, 11) is 0. The number of nitrogens with zero attached hydrogens (tertiary/aromatic N) is 1. The number of rotatable bonds is 3. The van der Waals surface area contributed by atoms with Gasteiger partial charge in [0, 0.05) is 18.7 Å². The Balaban J connectivity index is 1.93. The van der Waals surface area contributed by atoms with Gasteiger partial charge in [0.2, 0.25) is 0 Å². The molecule has 3 nitrogen and oxygen atoms in total. The van der Waals surface area contributed by atoms with E-state index in [2.05, 4.69) is 0 Å². The van der Waals surface area contributed by atoms with Crippen LogP contribution in [0.1, 0.15) is 16.8 Å². The third-order valence-corrected chi connectivity index (χ3v) is 2.71. The van der Waals surface area contributed by atoms with E-state index >= 15 is 0 Å². The highest BCUT2D eigenvalue weighted by Crippen LogP contribution is 2.10. The third-order valence-electron chi connectivity index (χ3n) is 2.71. The summed E-state index contributed by atoms with van der Waals surface area (Å²) < 4.78 is 0. The lowest BCUT2D eigenvalue weighted by molar-refractivity contribution is 0.0935. The number of hydrogen-bond donors (Lipinski definition) is 1. The molecular formula is C12H15NO2. The number of hydrogen-bond acceptors (Lipinski definition) is 3. The van der Waals surface area contributed by atoms with Crippen LogP contribution in [0.4, 0.5) is 0 Å². The zero-order valence-corrected chi connectivity index (χ0v) is 8.60. The molecule has 1 aromatic rings. The second-order valence-electron chi connectivity index (χ2n) is 3.97. The SMILES string of the molecule is O=C(CN1CC[C@H](O)C1)c1ccccc1. The molecule has 1 aliphatic heterocycles. The maximum atomic E-state index is 11.8. The third kappa shape index (κ3) is 2.64. The molecule has 1 saturated heterocycles. The van der Waals surface area contributed by atoms with Gasteiger partial charge in [-0.3, -0.25) is 9.69 Å². The van der Waals surface area contributed by atoms with Crippen LogP contribution in [0, 0.1) is 0 Å². The molecule has 0 radical (unpaired) electrons. The van der Waals surface area contributed by atoms with E-state index in [0.717, 1.165) is 18.5 Å². The fourth-order valence-corrected chi connectivity index (χ4v) is 1.87. The summed E-state index contributed by atoms with van der Waals surface area (Å²) in [4.78, 5) is 13.8. The molecule has 1 aromatic carbocycles. The second kappa shape index (κ2) is 4.55. The first-order chi connectivity index (χ1) is 7.25. The van der Waals surface area contributed by atoms with Gasteiger partial charge in [0.25, 0.3) is 0 Å². The van der Waals surface area contributed by atoms with Crippen molar-refractivity contribution in [2.75, 3.05) is 19.6 Å². The Bertz CT molecular complexity index is 337. The van der Waals surface area contributed by atoms with Crippen molar-refractivity contribution >= 4 is 5.78 Å². The summed E-state index contributed by atoms with van der Waals surface area (Å²) in [6.45, 7) is 1.86. The molecule has 1 heterocycles. The number of ketones is 1. The monoisotopic (exact) mass is 205 g/mol. The zero-order valence-electron chi connectivity index (χ0n) is 8.60. The van der Waals surface area contributed by atoms with Gasteiger partial charge < -0.3 is 5.11 Å². The maximum absolute atomic E-state index is 11.8. The standard InChI is InChI=1S/C12H15NO2/c14-11-6-7-13(8-11)9-12(15)10-4-2-1-3-5-10/h1-5,11,14H,6-9H2/t11-/m0/s1. The van der Waals surface area contributed by atoms with Crippen molar-refractivity contribution in [2.45, 2.75) is 12.5 Å². The van der Waals surface area contributed by atoms with Gasteiger partial charge in [-0.15, -0.1) is 0 Å². The van der Waals surface area contributed by atoms with Crippen molar-refractivity contribution in [2.24, 2.45) is 0 Å². The Labute approximate surface area is 89.3 Å². The van der Waals surface area contributed by atoms with Crippen molar-refractivity contribution in [3.63, 3.8) is 0 Å². The predicted octanol–water partition coefficient (Wildman–Crippen LogP) is 0.936. The first-order valence-corrected chi connectivity index (χ1v) is 5.24. The highest BCUT2D eigenvalue weighted by Gasteiger charge is 2.22. The molecule has 1 fully saturated rings. The van der Waals surface area contributed by atoms with Crippen LogP contribution in [0.3, 0.4) is 0 Å². The van der Waals surface area contributed by atoms with Gasteiger partial charge in [-0.2, -0.15) is 0 Å². The molecule has 15 heavy (non-hydrogen) atoms. The number of β-amino-alcohol motifs (C(OH)–C–C–N with tert-alkyl or cyclic N) is 1. The smallest absolute Gasteiger partial charge is 0.176 e. The van der Waals surface area contributed by atoms with E-state index in [4.69, 9.17) is 0 Å². The lowest BCUT2D eigenvalue weighted by Crippen LogP contribution is -2.28. The van der Waals surface area contributed by atoms with E-state index in [1.165, 1.54) is 0 Å². The summed E-state index contributed by atoms with van der Waals surface area (Å²) in [5.74, 6) is 0.129. The number of aliphatic hydroxyl groups is 1. The van der Waals surface area contributed by atoms with Gasteiger partial charge in [0.1, 0.15) is 0 Å². The van der Waals surface area contributed by atoms with E-state index < -0.39 is 0 Å². The number of likely N-dealkylation sites (tertiary alicyclic amines) is 1. The van der Waals surface area contributed by atoms with Crippen molar-refractivity contribution in [1.29, 1.82) is 0 Å². The molecule has 0 aromatic heterocycles. The van der Waals surface area contributed by atoms with Crippen LogP contribution in [0.25, 0.3) is 0 Å². The Kier molecular flexibility index (Phi) is 3.14. The van der Waals surface area contributed by atoms with Crippen LogP contribution in [0.15, 0.2) is 30.3 Å². The molecule has 0 bridgehead atoms. The summed E-state index contributed by atoms with van der Waals surface area (Å²) in [6, 6.07) is 9.29. The van der Waals surface area contributed by atoms with E-state index in [9.17, 15) is 9.90 Å². The Morgan fingerprint density at radius 2 is 2.13 bits per heavy atom. The molecule has 1 aliphatic rings. The lowest BCUT2D eigenvalue weighted by atomic mass is 10.1. The van der Waals surface area contributed by atoms with E-state index in [-0.39, 0.29) is 11.9 Å². The molecule has 0 spiro atoms. The Morgan fingerprint density at radius 3 is 2.73 bits per heavy atom. The van der Waals surface area contributed by atoms with Gasteiger partial charge in [-0.05, 0) is 6.42 Å². The highest BCUT2D eigenvalue weighted by atomic mass is 16.3. The largest absolute Gasteiger partial charge is 0.392 e. The number of carbonyl (C=O) groups excluding carboxylic acids is 1. The lowest BCUT2D eigenvalue weighted by Gasteiger charge is -2.13. The van der Waals surface area contributed by atoms with Crippen LogP contribution in [-0.4, -0.2) is 41.5 Å². The fourth-order valence-electron chi connectivity index (χ4n) is 1.87. The van der Waals surface area contributed by atoms with Crippen molar-refractivity contribution in [3.05, 3.63) is 35.9 Å². The summed E-state index contributed by atoms with van der Waals surface area (Å²) in [5, 5.41) is 9.33. The quantitative estimate of drug-likeness (QED) is 0.746. The Hall–Kier alpha value is -1.19. The van der Waals surface area contributed by atoms with Gasteiger partial charge in [-0.1, -0.05) is 30.3 Å². The maximum Gasteiger partial charge on any atom is 0.176 e. The molecule has 80 valence electrons. The molecule has 0 saturated carbocycles. The predicted molar refractivity (Wildman–Crippen MR) is 57.8 cm³/mol. The summed E-state index contributed by atoms with van der Waals surface area (Å²) in [6.07, 6.45) is 0.524. The normalized spacial score (nSPS) is 21.8. The first-order valence-electron chi connectivity index (χ1n) is 5.24. The van der Waals surface area contributed by atoms with Gasteiger partial charge in [0.15, 0.2) is 5.78 Å². The summed E-state index contributed by atoms with van der Waals surface area (Å²) >= 11 is 0. The molecule has 0 aliphatic carbocycles. The topological polar surface area (TPSA) is 40.5 Å². The van der Waals surface area contributed by atoms with E-state index in [1.807, 2.05) is 35.2 Å². The molecule has 2 rings (SSSR count). The van der Waals surface area contributed by atoms with Gasteiger partial charge in [-0.25, -0.2) is 0 Å². The summed E-state index contributed by atoms with van der Waals surface area (Å²) in [5.41, 5.74) is 0.749. The van der Waals surface area contributed by atoms with Crippen molar-refractivity contribution in [1.82, 2.24) is 4.90 Å². The molecule has 0 unspecified atom stereocenters. The highest BCUT2D eigenvalue weighted by molar-refractivity contribution is 5.97. The average Bonchev–Trinajstić information content (AvgIpc) is 2.65. The molecule has 0 amide bonds. The average molecular weight is 205 g/mol. The van der Waals surface area contributed by atoms with Crippen LogP contribution in [0.2, 0.25) is 0 Å². The molecule has 1 atom stereocenters. The number of aliphatic hydroxyl groups excluding tert-OH is 1. The van der Waals surface area contributed by atoms with Gasteiger partial charge >= 0.3 is 0 Å². The fraction of sp³-hybridized carbons (Fsp3) is 0.417. The minimum absolute atomic E-state index is 0.129. The minimum Gasteiger partial charge on any atom is -0.392 e. The first kappa shape index (κ1) is 10.3.